The first-order valence-corrected chi connectivity index (χ1v) is 7.70. The van der Waals surface area contributed by atoms with E-state index in [9.17, 15) is 4.79 Å². The van der Waals surface area contributed by atoms with E-state index in [4.69, 9.17) is 11.6 Å². The molecule has 2 heterocycles. The van der Waals surface area contributed by atoms with Crippen LogP contribution in [0.3, 0.4) is 0 Å². The molecule has 1 amide bonds. The van der Waals surface area contributed by atoms with Crippen molar-refractivity contribution in [1.82, 2.24) is 9.97 Å². The summed E-state index contributed by atoms with van der Waals surface area (Å²) in [5.74, 6) is 0.457. The zero-order valence-electron chi connectivity index (χ0n) is 13.0. The number of nitrogens with zero attached hydrogens (tertiary/aromatic N) is 2. The zero-order chi connectivity index (χ0) is 16.9. The van der Waals surface area contributed by atoms with Gasteiger partial charge in [0.25, 0.3) is 5.91 Å². The highest BCUT2D eigenvalue weighted by molar-refractivity contribution is 6.30. The molecule has 0 atom stereocenters. The molecule has 0 radical (unpaired) electrons. The number of carbonyl (C=O) groups excluding carboxylic acids is 1. The molecule has 0 saturated heterocycles. The van der Waals surface area contributed by atoms with Gasteiger partial charge < -0.3 is 10.6 Å². The van der Waals surface area contributed by atoms with Crippen LogP contribution in [0.4, 0.5) is 17.2 Å². The molecule has 1 aromatic carbocycles. The van der Waals surface area contributed by atoms with Gasteiger partial charge in [-0.1, -0.05) is 11.6 Å². The molecule has 6 heteroatoms. The van der Waals surface area contributed by atoms with Crippen molar-refractivity contribution in [2.75, 3.05) is 10.6 Å². The number of aromatic nitrogens is 2. The predicted octanol–water partition coefficient (Wildman–Crippen LogP) is 4.43. The lowest BCUT2D eigenvalue weighted by molar-refractivity contribution is 0.102. The van der Waals surface area contributed by atoms with E-state index in [1.54, 1.807) is 36.7 Å². The lowest BCUT2D eigenvalue weighted by atomic mass is 10.2. The Morgan fingerprint density at radius 2 is 2.00 bits per heavy atom. The molecule has 24 heavy (non-hydrogen) atoms. The van der Waals surface area contributed by atoms with Gasteiger partial charge in [0.2, 0.25) is 0 Å². The van der Waals surface area contributed by atoms with E-state index in [0.29, 0.717) is 22.1 Å². The first-order valence-electron chi connectivity index (χ1n) is 7.32. The molecule has 0 saturated carbocycles. The molecule has 5 nitrogen and oxygen atoms in total. The van der Waals surface area contributed by atoms with Crippen molar-refractivity contribution in [2.45, 2.75) is 6.92 Å². The maximum atomic E-state index is 12.1. The molecule has 0 aliphatic heterocycles. The van der Waals surface area contributed by atoms with E-state index in [2.05, 4.69) is 20.6 Å². The van der Waals surface area contributed by atoms with Gasteiger partial charge in [-0.2, -0.15) is 0 Å². The molecule has 2 N–H and O–H groups in total. The fourth-order valence-electron chi connectivity index (χ4n) is 2.15. The average Bonchev–Trinajstić information content (AvgIpc) is 2.60. The van der Waals surface area contributed by atoms with Crippen molar-refractivity contribution < 1.29 is 4.79 Å². The maximum absolute atomic E-state index is 12.1. The second-order valence-corrected chi connectivity index (χ2v) is 5.65. The van der Waals surface area contributed by atoms with Gasteiger partial charge in [0, 0.05) is 23.1 Å². The van der Waals surface area contributed by atoms with Crippen LogP contribution < -0.4 is 10.6 Å². The van der Waals surface area contributed by atoms with Gasteiger partial charge in [-0.15, -0.1) is 0 Å². The van der Waals surface area contributed by atoms with Crippen molar-refractivity contribution >= 4 is 34.7 Å². The molecule has 3 aromatic rings. The minimum atomic E-state index is -0.223. The first kappa shape index (κ1) is 16.0. The Morgan fingerprint density at radius 1 is 1.12 bits per heavy atom. The molecule has 0 unspecified atom stereocenters. The third-order valence-corrected chi connectivity index (χ3v) is 3.63. The Labute approximate surface area is 144 Å². The topological polar surface area (TPSA) is 66.9 Å². The van der Waals surface area contributed by atoms with Crippen molar-refractivity contribution in [2.24, 2.45) is 0 Å². The van der Waals surface area contributed by atoms with Gasteiger partial charge in [0.05, 0.1) is 17.4 Å². The van der Waals surface area contributed by atoms with Gasteiger partial charge in [-0.05, 0) is 55.0 Å². The van der Waals surface area contributed by atoms with E-state index in [0.717, 1.165) is 11.3 Å². The molecule has 0 fully saturated rings. The number of hydrogen-bond acceptors (Lipinski definition) is 4. The largest absolute Gasteiger partial charge is 0.340 e. The van der Waals surface area contributed by atoms with Crippen molar-refractivity contribution in [3.8, 4) is 0 Å². The monoisotopic (exact) mass is 338 g/mol. The fraction of sp³-hybridized carbons (Fsp3) is 0.0556. The number of hydrogen-bond donors (Lipinski definition) is 2. The standard InChI is InChI=1S/C18H15ClN4O/c1-12-9-14(19)4-6-16(12)23-17-7-5-15(11-21-17)22-18(24)13-3-2-8-20-10-13/h2-11H,1H3,(H,21,23)(H,22,24). The van der Waals surface area contributed by atoms with Crippen LogP contribution in [0.25, 0.3) is 0 Å². The minimum Gasteiger partial charge on any atom is -0.340 e. The van der Waals surface area contributed by atoms with Crippen molar-refractivity contribution in [3.63, 3.8) is 0 Å². The highest BCUT2D eigenvalue weighted by atomic mass is 35.5. The number of halogens is 1. The highest BCUT2D eigenvalue weighted by Crippen LogP contribution is 2.23. The number of aryl methyl sites for hydroxylation is 1. The second-order valence-electron chi connectivity index (χ2n) is 5.21. The lowest BCUT2D eigenvalue weighted by Crippen LogP contribution is -2.12. The molecule has 3 rings (SSSR count). The summed E-state index contributed by atoms with van der Waals surface area (Å²) >= 11 is 5.95. The van der Waals surface area contributed by atoms with E-state index < -0.39 is 0 Å². The number of carbonyl (C=O) groups is 1. The molecule has 0 aliphatic rings. The van der Waals surface area contributed by atoms with Gasteiger partial charge in [0.15, 0.2) is 0 Å². The summed E-state index contributed by atoms with van der Waals surface area (Å²) in [6.45, 7) is 1.97. The Balaban J connectivity index is 1.68. The van der Waals surface area contributed by atoms with Crippen LogP contribution in [0, 0.1) is 6.92 Å². The summed E-state index contributed by atoms with van der Waals surface area (Å²) in [6.07, 6.45) is 4.74. The molecular weight excluding hydrogens is 324 g/mol. The molecule has 0 aliphatic carbocycles. The summed E-state index contributed by atoms with van der Waals surface area (Å²) in [5.41, 5.74) is 3.07. The number of nitrogens with one attached hydrogen (secondary N) is 2. The van der Waals surface area contributed by atoms with Gasteiger partial charge in [0.1, 0.15) is 5.82 Å². The van der Waals surface area contributed by atoms with Gasteiger partial charge in [-0.3, -0.25) is 9.78 Å². The van der Waals surface area contributed by atoms with Crippen LogP contribution in [-0.4, -0.2) is 15.9 Å². The third-order valence-electron chi connectivity index (χ3n) is 3.40. The second kappa shape index (κ2) is 7.10. The van der Waals surface area contributed by atoms with E-state index in [1.165, 1.54) is 6.20 Å². The molecule has 2 aromatic heterocycles. The Kier molecular flexibility index (Phi) is 4.72. The number of pyridine rings is 2. The summed E-state index contributed by atoms with van der Waals surface area (Å²) in [7, 11) is 0. The predicted molar refractivity (Wildman–Crippen MR) is 95.9 cm³/mol. The molecule has 120 valence electrons. The summed E-state index contributed by atoms with van der Waals surface area (Å²) in [4.78, 5) is 20.3. The van der Waals surface area contributed by atoms with Crippen LogP contribution >= 0.6 is 11.6 Å². The fourth-order valence-corrected chi connectivity index (χ4v) is 2.37. The zero-order valence-corrected chi connectivity index (χ0v) is 13.7. The number of rotatable bonds is 4. The molecule has 0 spiro atoms. The van der Waals surface area contributed by atoms with Gasteiger partial charge in [-0.25, -0.2) is 4.98 Å². The van der Waals surface area contributed by atoms with Crippen molar-refractivity contribution in [3.05, 3.63) is 77.2 Å². The number of benzene rings is 1. The number of anilines is 3. The van der Waals surface area contributed by atoms with Crippen LogP contribution in [0.15, 0.2) is 61.1 Å². The third kappa shape index (κ3) is 3.88. The summed E-state index contributed by atoms with van der Waals surface area (Å²) in [6, 6.07) is 12.6. The Morgan fingerprint density at radius 3 is 2.67 bits per heavy atom. The Bertz CT molecular complexity index is 851. The maximum Gasteiger partial charge on any atom is 0.257 e. The van der Waals surface area contributed by atoms with Crippen LogP contribution in [0.1, 0.15) is 15.9 Å². The van der Waals surface area contributed by atoms with E-state index in [-0.39, 0.29) is 5.91 Å². The average molecular weight is 339 g/mol. The van der Waals surface area contributed by atoms with Crippen molar-refractivity contribution in [1.29, 1.82) is 0 Å². The minimum absolute atomic E-state index is 0.223. The van der Waals surface area contributed by atoms with Crippen LogP contribution in [-0.2, 0) is 0 Å². The Hall–Kier alpha value is -2.92. The van der Waals surface area contributed by atoms with Crippen LogP contribution in [0.2, 0.25) is 5.02 Å². The van der Waals surface area contributed by atoms with Gasteiger partial charge >= 0.3 is 0 Å². The first-order chi connectivity index (χ1) is 11.6. The normalized spacial score (nSPS) is 10.2. The molecule has 0 bridgehead atoms. The lowest BCUT2D eigenvalue weighted by Gasteiger charge is -2.10. The SMILES string of the molecule is Cc1cc(Cl)ccc1Nc1ccc(NC(=O)c2cccnc2)cn1. The highest BCUT2D eigenvalue weighted by Gasteiger charge is 2.06. The van der Waals surface area contributed by atoms with Crippen LogP contribution in [0.5, 0.6) is 0 Å². The van der Waals surface area contributed by atoms with E-state index >= 15 is 0 Å². The smallest absolute Gasteiger partial charge is 0.257 e. The summed E-state index contributed by atoms with van der Waals surface area (Å²) in [5, 5.41) is 6.69. The summed E-state index contributed by atoms with van der Waals surface area (Å²) < 4.78 is 0. The quantitative estimate of drug-likeness (QED) is 0.738. The van der Waals surface area contributed by atoms with E-state index in [1.807, 2.05) is 25.1 Å². The number of amides is 1. The molecular formula is C18H15ClN4O.